The topological polar surface area (TPSA) is 49.7 Å². The maximum absolute atomic E-state index is 8.96. The summed E-state index contributed by atoms with van der Waals surface area (Å²) in [5.41, 5.74) is 0. The van der Waals surface area contributed by atoms with Gasteiger partial charge >= 0.3 is 0 Å². The Kier molecular flexibility index (Phi) is 9.39. The molecule has 0 heterocycles. The number of aliphatic hydroxyl groups is 2. The van der Waals surface area contributed by atoms with Crippen LogP contribution in [0.5, 0.6) is 0 Å². The predicted octanol–water partition coefficient (Wildman–Crippen LogP) is 0.765. The molecule has 0 aliphatic carbocycles. The van der Waals surface area contributed by atoms with Gasteiger partial charge in [0.1, 0.15) is 0 Å². The van der Waals surface area contributed by atoms with Crippen molar-refractivity contribution in [2.45, 2.75) is 25.4 Å². The van der Waals surface area contributed by atoms with Crippen molar-refractivity contribution in [3.63, 3.8) is 0 Å². The third-order valence-corrected chi connectivity index (χ3v) is 1.79. The van der Waals surface area contributed by atoms with Crippen LogP contribution in [-0.2, 0) is 4.74 Å². The van der Waals surface area contributed by atoms with Gasteiger partial charge in [-0.05, 0) is 19.3 Å². The Morgan fingerprint density at radius 1 is 1.25 bits per heavy atom. The molecule has 4 heteroatoms. The molecule has 74 valence electrons. The maximum Gasteiger partial charge on any atom is 0.0908 e. The standard InChI is InChI=1S/C8H17ClO3/c9-6-8(11)7-12-5-3-1-2-4-10/h8,10-11H,1-7H2. The maximum atomic E-state index is 8.96. The summed E-state index contributed by atoms with van der Waals surface area (Å²) in [5.74, 6) is 0.219. The Labute approximate surface area is 78.3 Å². The molecular weight excluding hydrogens is 180 g/mol. The first-order valence-corrected chi connectivity index (χ1v) is 4.77. The van der Waals surface area contributed by atoms with E-state index in [0.29, 0.717) is 13.2 Å². The van der Waals surface area contributed by atoms with Gasteiger partial charge in [0.05, 0.1) is 18.6 Å². The van der Waals surface area contributed by atoms with Gasteiger partial charge in [0.2, 0.25) is 0 Å². The molecule has 0 saturated carbocycles. The van der Waals surface area contributed by atoms with E-state index < -0.39 is 6.10 Å². The van der Waals surface area contributed by atoms with E-state index in [1.807, 2.05) is 0 Å². The van der Waals surface area contributed by atoms with E-state index in [0.717, 1.165) is 19.3 Å². The van der Waals surface area contributed by atoms with E-state index in [9.17, 15) is 0 Å². The third kappa shape index (κ3) is 8.27. The molecule has 12 heavy (non-hydrogen) atoms. The molecule has 3 nitrogen and oxygen atoms in total. The van der Waals surface area contributed by atoms with Gasteiger partial charge in [0.25, 0.3) is 0 Å². The van der Waals surface area contributed by atoms with Crippen LogP contribution in [0.4, 0.5) is 0 Å². The molecular formula is C8H17ClO3. The fraction of sp³-hybridized carbons (Fsp3) is 1.00. The summed E-state index contributed by atoms with van der Waals surface area (Å²) in [7, 11) is 0. The first-order valence-electron chi connectivity index (χ1n) is 4.24. The van der Waals surface area contributed by atoms with E-state index in [4.69, 9.17) is 26.6 Å². The van der Waals surface area contributed by atoms with Crippen LogP contribution in [0.15, 0.2) is 0 Å². The Balaban J connectivity index is 2.90. The summed E-state index contributed by atoms with van der Waals surface area (Å²) in [5, 5.41) is 17.4. The normalized spacial score (nSPS) is 13.2. The van der Waals surface area contributed by atoms with Crippen molar-refractivity contribution in [3.8, 4) is 0 Å². The summed E-state index contributed by atoms with van der Waals surface area (Å²) < 4.78 is 5.12. The van der Waals surface area contributed by atoms with Crippen LogP contribution in [0.25, 0.3) is 0 Å². The molecule has 0 spiro atoms. The lowest BCUT2D eigenvalue weighted by atomic mass is 10.2. The van der Waals surface area contributed by atoms with E-state index >= 15 is 0 Å². The zero-order valence-corrected chi connectivity index (χ0v) is 7.96. The Morgan fingerprint density at radius 2 is 2.00 bits per heavy atom. The highest BCUT2D eigenvalue weighted by molar-refractivity contribution is 6.18. The summed E-state index contributed by atoms with van der Waals surface area (Å²) in [6.45, 7) is 1.18. The van der Waals surface area contributed by atoms with Crippen molar-refractivity contribution in [2.75, 3.05) is 25.7 Å². The van der Waals surface area contributed by atoms with Crippen molar-refractivity contribution in [2.24, 2.45) is 0 Å². The number of unbranched alkanes of at least 4 members (excludes halogenated alkanes) is 2. The van der Waals surface area contributed by atoms with Crippen LogP contribution in [0.1, 0.15) is 19.3 Å². The smallest absolute Gasteiger partial charge is 0.0908 e. The Bertz CT molecular complexity index is 90.4. The van der Waals surface area contributed by atoms with Crippen molar-refractivity contribution in [1.29, 1.82) is 0 Å². The molecule has 1 unspecified atom stereocenters. The molecule has 0 bridgehead atoms. The van der Waals surface area contributed by atoms with Crippen LogP contribution in [-0.4, -0.2) is 42.0 Å². The predicted molar refractivity (Wildman–Crippen MR) is 48.5 cm³/mol. The van der Waals surface area contributed by atoms with Gasteiger partial charge in [-0.2, -0.15) is 0 Å². The highest BCUT2D eigenvalue weighted by atomic mass is 35.5. The van der Waals surface area contributed by atoms with E-state index in [-0.39, 0.29) is 12.5 Å². The number of alkyl halides is 1. The third-order valence-electron chi connectivity index (χ3n) is 1.44. The molecule has 1 atom stereocenters. The molecule has 0 saturated heterocycles. The average molecular weight is 197 g/mol. The number of hydrogen-bond donors (Lipinski definition) is 2. The second kappa shape index (κ2) is 9.26. The minimum Gasteiger partial charge on any atom is -0.396 e. The lowest BCUT2D eigenvalue weighted by Gasteiger charge is -2.07. The van der Waals surface area contributed by atoms with Crippen molar-refractivity contribution in [3.05, 3.63) is 0 Å². The van der Waals surface area contributed by atoms with Gasteiger partial charge in [-0.3, -0.25) is 0 Å². The first kappa shape index (κ1) is 12.2. The quantitative estimate of drug-likeness (QED) is 0.445. The highest BCUT2D eigenvalue weighted by Gasteiger charge is 2.00. The van der Waals surface area contributed by atoms with Crippen molar-refractivity contribution < 1.29 is 14.9 Å². The molecule has 0 fully saturated rings. The van der Waals surface area contributed by atoms with E-state index in [1.54, 1.807) is 0 Å². The lowest BCUT2D eigenvalue weighted by molar-refractivity contribution is 0.0458. The lowest BCUT2D eigenvalue weighted by Crippen LogP contribution is -2.17. The van der Waals surface area contributed by atoms with Gasteiger partial charge in [0.15, 0.2) is 0 Å². The fourth-order valence-corrected chi connectivity index (χ4v) is 0.846. The van der Waals surface area contributed by atoms with Gasteiger partial charge in [0, 0.05) is 13.2 Å². The minimum absolute atomic E-state index is 0.219. The fourth-order valence-electron chi connectivity index (χ4n) is 0.757. The number of hydrogen-bond acceptors (Lipinski definition) is 3. The molecule has 2 N–H and O–H groups in total. The summed E-state index contributed by atoms with van der Waals surface area (Å²) in [4.78, 5) is 0. The SMILES string of the molecule is OCCCCCOCC(O)CCl. The molecule has 0 aromatic carbocycles. The van der Waals surface area contributed by atoms with E-state index in [2.05, 4.69) is 0 Å². The van der Waals surface area contributed by atoms with Crippen LogP contribution >= 0.6 is 11.6 Å². The van der Waals surface area contributed by atoms with Crippen molar-refractivity contribution in [1.82, 2.24) is 0 Å². The number of aliphatic hydroxyl groups excluding tert-OH is 2. The number of rotatable bonds is 8. The Hall–Kier alpha value is 0.170. The molecule has 0 aliphatic rings. The average Bonchev–Trinajstić information content (AvgIpc) is 2.10. The Morgan fingerprint density at radius 3 is 2.58 bits per heavy atom. The molecule has 0 amide bonds. The van der Waals surface area contributed by atoms with Gasteiger partial charge in [-0.1, -0.05) is 0 Å². The van der Waals surface area contributed by atoms with E-state index in [1.165, 1.54) is 0 Å². The van der Waals surface area contributed by atoms with Gasteiger partial charge in [-0.25, -0.2) is 0 Å². The molecule has 0 aromatic heterocycles. The molecule has 0 aromatic rings. The van der Waals surface area contributed by atoms with Crippen LogP contribution < -0.4 is 0 Å². The molecule has 0 radical (unpaired) electrons. The second-order valence-corrected chi connectivity index (χ2v) is 2.98. The van der Waals surface area contributed by atoms with Gasteiger partial charge < -0.3 is 14.9 Å². The number of halogens is 1. The number of ether oxygens (including phenoxy) is 1. The van der Waals surface area contributed by atoms with Crippen molar-refractivity contribution >= 4 is 11.6 Å². The monoisotopic (exact) mass is 196 g/mol. The largest absolute Gasteiger partial charge is 0.396 e. The molecule has 0 rings (SSSR count). The second-order valence-electron chi connectivity index (χ2n) is 2.67. The summed E-state index contributed by atoms with van der Waals surface area (Å²) in [6.07, 6.45) is 2.16. The van der Waals surface area contributed by atoms with Crippen LogP contribution in [0, 0.1) is 0 Å². The first-order chi connectivity index (χ1) is 5.81. The van der Waals surface area contributed by atoms with Crippen LogP contribution in [0.2, 0.25) is 0 Å². The zero-order chi connectivity index (χ0) is 9.23. The minimum atomic E-state index is -0.551. The zero-order valence-electron chi connectivity index (χ0n) is 7.21. The van der Waals surface area contributed by atoms with Crippen LogP contribution in [0.3, 0.4) is 0 Å². The highest BCUT2D eigenvalue weighted by Crippen LogP contribution is 1.96. The molecule has 0 aliphatic heterocycles. The van der Waals surface area contributed by atoms with Gasteiger partial charge in [-0.15, -0.1) is 11.6 Å². The summed E-state index contributed by atoms with van der Waals surface area (Å²) in [6, 6.07) is 0. The summed E-state index contributed by atoms with van der Waals surface area (Å²) >= 11 is 5.35.